The Balaban J connectivity index is 1.35. The minimum absolute atomic E-state index is 0.226. The SMILES string of the molecule is COC(=O)N(C(=O)[C@@H](N)C(c1ccccc1)c1ccccc1)c1ccccc1C[C@H]1CNC[C@@H](COc2ccc(C#N)cc2)O1. The molecule has 1 aliphatic rings. The van der Waals surface area contributed by atoms with Gasteiger partial charge in [-0.1, -0.05) is 78.9 Å². The average Bonchev–Trinajstić information content (AvgIpc) is 3.09. The van der Waals surface area contributed by atoms with Gasteiger partial charge < -0.3 is 25.3 Å². The molecule has 0 aliphatic carbocycles. The molecule has 9 heteroatoms. The Labute approximate surface area is 263 Å². The second-order valence-corrected chi connectivity index (χ2v) is 10.8. The minimum Gasteiger partial charge on any atom is -0.491 e. The maximum absolute atomic E-state index is 14.2. The molecule has 1 aliphatic heterocycles. The fourth-order valence-electron chi connectivity index (χ4n) is 5.57. The Hall–Kier alpha value is -5.01. The molecule has 1 heterocycles. The lowest BCUT2D eigenvalue weighted by Gasteiger charge is -2.33. The topological polar surface area (TPSA) is 127 Å². The van der Waals surface area contributed by atoms with Gasteiger partial charge in [-0.05, 0) is 47.0 Å². The normalized spacial score (nSPS) is 16.8. The summed E-state index contributed by atoms with van der Waals surface area (Å²) in [6.45, 7) is 1.51. The van der Waals surface area contributed by atoms with Crippen molar-refractivity contribution in [1.29, 1.82) is 5.26 Å². The number of hydrogen-bond acceptors (Lipinski definition) is 8. The number of nitrogens with one attached hydrogen (secondary N) is 1. The van der Waals surface area contributed by atoms with Gasteiger partial charge in [0.2, 0.25) is 0 Å². The van der Waals surface area contributed by atoms with E-state index in [1.807, 2.05) is 72.8 Å². The third-order valence-corrected chi connectivity index (χ3v) is 7.77. The van der Waals surface area contributed by atoms with Gasteiger partial charge in [-0.25, -0.2) is 9.69 Å². The summed E-state index contributed by atoms with van der Waals surface area (Å²) in [7, 11) is 1.25. The summed E-state index contributed by atoms with van der Waals surface area (Å²) in [6, 6.07) is 34.3. The predicted molar refractivity (Wildman–Crippen MR) is 171 cm³/mol. The van der Waals surface area contributed by atoms with Crippen LogP contribution in [0.2, 0.25) is 0 Å². The number of nitrogens with zero attached hydrogens (tertiary/aromatic N) is 2. The number of para-hydroxylation sites is 1. The Bertz CT molecular complexity index is 1570. The molecule has 45 heavy (non-hydrogen) atoms. The van der Waals surface area contributed by atoms with Crippen LogP contribution in [0.3, 0.4) is 0 Å². The number of benzene rings is 4. The van der Waals surface area contributed by atoms with E-state index in [9.17, 15) is 9.59 Å². The largest absolute Gasteiger partial charge is 0.491 e. The molecule has 9 nitrogen and oxygen atoms in total. The summed E-state index contributed by atoms with van der Waals surface area (Å²) in [5.74, 6) is -0.428. The van der Waals surface area contributed by atoms with Gasteiger partial charge in [0, 0.05) is 25.4 Å². The van der Waals surface area contributed by atoms with Gasteiger partial charge in [0.15, 0.2) is 0 Å². The summed E-state index contributed by atoms with van der Waals surface area (Å²) in [5.41, 5.74) is 10.2. The predicted octanol–water partition coefficient (Wildman–Crippen LogP) is 4.80. The van der Waals surface area contributed by atoms with Crippen LogP contribution in [0.4, 0.5) is 10.5 Å². The van der Waals surface area contributed by atoms with Crippen LogP contribution in [-0.2, 0) is 20.7 Å². The molecule has 5 rings (SSSR count). The lowest BCUT2D eigenvalue weighted by molar-refractivity contribution is -0.119. The second kappa shape index (κ2) is 15.1. The number of methoxy groups -OCH3 is 1. The molecular weight excluding hydrogens is 568 g/mol. The van der Waals surface area contributed by atoms with Crippen molar-refractivity contribution in [2.45, 2.75) is 30.6 Å². The quantitative estimate of drug-likeness (QED) is 0.265. The van der Waals surface area contributed by atoms with Crippen LogP contribution in [-0.4, -0.2) is 57.1 Å². The first-order valence-electron chi connectivity index (χ1n) is 14.8. The monoisotopic (exact) mass is 604 g/mol. The maximum Gasteiger partial charge on any atom is 0.420 e. The number of ether oxygens (including phenoxy) is 3. The third-order valence-electron chi connectivity index (χ3n) is 7.77. The number of anilines is 1. The Morgan fingerprint density at radius 3 is 2.13 bits per heavy atom. The molecule has 230 valence electrons. The maximum atomic E-state index is 14.2. The highest BCUT2D eigenvalue weighted by Crippen LogP contribution is 2.31. The van der Waals surface area contributed by atoms with Gasteiger partial charge >= 0.3 is 6.09 Å². The van der Waals surface area contributed by atoms with E-state index in [2.05, 4.69) is 11.4 Å². The van der Waals surface area contributed by atoms with Crippen molar-refractivity contribution in [3.63, 3.8) is 0 Å². The standard InChI is InChI=1S/C36H36N4O5/c1-43-36(42)40(35(41)34(38)33(26-10-4-2-5-11-26)27-12-6-3-7-13-27)32-15-9-8-14-28(32)20-30-22-39-23-31(45-30)24-44-29-18-16-25(21-37)17-19-29/h2-19,30-31,33-34,39H,20,22-24,38H2,1H3/t30-,31-,34-/m0/s1. The minimum atomic E-state index is -1.08. The summed E-state index contributed by atoms with van der Waals surface area (Å²) >= 11 is 0. The molecule has 3 atom stereocenters. The average molecular weight is 605 g/mol. The van der Waals surface area contributed by atoms with Crippen LogP contribution < -0.4 is 20.7 Å². The second-order valence-electron chi connectivity index (χ2n) is 10.8. The first-order chi connectivity index (χ1) is 22.0. The van der Waals surface area contributed by atoms with Crippen molar-refractivity contribution < 1.29 is 23.8 Å². The van der Waals surface area contributed by atoms with Crippen LogP contribution >= 0.6 is 0 Å². The van der Waals surface area contributed by atoms with Crippen molar-refractivity contribution >= 4 is 17.7 Å². The van der Waals surface area contributed by atoms with E-state index in [4.69, 9.17) is 25.2 Å². The molecule has 0 unspecified atom stereocenters. The van der Waals surface area contributed by atoms with E-state index in [0.29, 0.717) is 43.1 Å². The van der Waals surface area contributed by atoms with E-state index in [1.165, 1.54) is 7.11 Å². The molecule has 1 saturated heterocycles. The fourth-order valence-corrected chi connectivity index (χ4v) is 5.57. The van der Waals surface area contributed by atoms with Crippen LogP contribution in [0.15, 0.2) is 109 Å². The molecular formula is C36H36N4O5. The van der Waals surface area contributed by atoms with Gasteiger partial charge in [-0.3, -0.25) is 4.79 Å². The molecule has 2 amide bonds. The van der Waals surface area contributed by atoms with E-state index in [-0.39, 0.29) is 12.2 Å². The van der Waals surface area contributed by atoms with Gasteiger partial charge in [-0.15, -0.1) is 0 Å². The third kappa shape index (κ3) is 7.75. The van der Waals surface area contributed by atoms with Gasteiger partial charge in [0.1, 0.15) is 18.5 Å². The lowest BCUT2D eigenvalue weighted by atomic mass is 9.84. The zero-order valence-electron chi connectivity index (χ0n) is 25.0. The summed E-state index contributed by atoms with van der Waals surface area (Å²) in [4.78, 5) is 28.5. The Morgan fingerprint density at radius 2 is 1.51 bits per heavy atom. The van der Waals surface area contributed by atoms with Crippen molar-refractivity contribution in [1.82, 2.24) is 5.32 Å². The number of imide groups is 1. The van der Waals surface area contributed by atoms with Gasteiger partial charge in [-0.2, -0.15) is 5.26 Å². The number of carbonyl (C=O) groups excluding carboxylic acids is 2. The molecule has 0 bridgehead atoms. The van der Waals surface area contributed by atoms with E-state index in [1.54, 1.807) is 36.4 Å². The lowest BCUT2D eigenvalue weighted by Crippen LogP contribution is -2.50. The van der Waals surface area contributed by atoms with Crippen LogP contribution in [0.5, 0.6) is 5.75 Å². The van der Waals surface area contributed by atoms with E-state index >= 15 is 0 Å². The van der Waals surface area contributed by atoms with Gasteiger partial charge in [0.25, 0.3) is 5.91 Å². The highest BCUT2D eigenvalue weighted by atomic mass is 16.5. The van der Waals surface area contributed by atoms with Crippen molar-refractivity contribution in [2.24, 2.45) is 5.73 Å². The highest BCUT2D eigenvalue weighted by Gasteiger charge is 2.36. The summed E-state index contributed by atoms with van der Waals surface area (Å²) in [5, 5.41) is 12.4. The Morgan fingerprint density at radius 1 is 0.911 bits per heavy atom. The zero-order chi connectivity index (χ0) is 31.6. The Kier molecular flexibility index (Phi) is 10.6. The molecule has 3 N–H and O–H groups in total. The molecule has 4 aromatic carbocycles. The number of nitriles is 1. The van der Waals surface area contributed by atoms with Crippen LogP contribution in [0.25, 0.3) is 0 Å². The number of nitrogens with two attached hydrogens (primary N) is 1. The number of morpholine rings is 1. The molecule has 0 radical (unpaired) electrons. The highest BCUT2D eigenvalue weighted by molar-refractivity contribution is 6.15. The first-order valence-corrected chi connectivity index (χ1v) is 14.8. The van der Waals surface area contributed by atoms with Crippen LogP contribution in [0, 0.1) is 11.3 Å². The number of hydrogen-bond donors (Lipinski definition) is 2. The zero-order valence-corrected chi connectivity index (χ0v) is 25.0. The summed E-state index contributed by atoms with van der Waals surface area (Å²) in [6.07, 6.45) is -0.873. The van der Waals surface area contributed by atoms with E-state index < -0.39 is 24.0 Å². The smallest absolute Gasteiger partial charge is 0.420 e. The summed E-state index contributed by atoms with van der Waals surface area (Å²) < 4.78 is 17.4. The molecule has 0 saturated carbocycles. The van der Waals surface area contributed by atoms with Crippen molar-refractivity contribution in [2.75, 3.05) is 31.7 Å². The van der Waals surface area contributed by atoms with Crippen LogP contribution in [0.1, 0.15) is 28.2 Å². The van der Waals surface area contributed by atoms with Crippen molar-refractivity contribution in [3.8, 4) is 11.8 Å². The number of amides is 2. The van der Waals surface area contributed by atoms with E-state index in [0.717, 1.165) is 21.6 Å². The first kappa shape index (κ1) is 31.4. The molecule has 4 aromatic rings. The van der Waals surface area contributed by atoms with Crippen molar-refractivity contribution in [3.05, 3.63) is 131 Å². The molecule has 0 aromatic heterocycles. The number of rotatable bonds is 10. The molecule has 1 fully saturated rings. The fraction of sp³-hybridized carbons (Fsp3) is 0.250. The number of carbonyl (C=O) groups is 2. The molecule has 0 spiro atoms. The van der Waals surface area contributed by atoms with Gasteiger partial charge in [0.05, 0.1) is 36.6 Å².